The van der Waals surface area contributed by atoms with E-state index in [0.717, 1.165) is 0 Å². The van der Waals surface area contributed by atoms with Gasteiger partial charge >= 0.3 is 6.09 Å². The van der Waals surface area contributed by atoms with Crippen LogP contribution in [0.3, 0.4) is 0 Å². The SMILES string of the molecule is O=C(N[C@H]1COC[C@H]1O)OCC1c2ccccc2-c2ccccc21. The Bertz CT molecular complexity index is 715. The molecule has 1 heterocycles. The first-order valence-electron chi connectivity index (χ1n) is 8.11. The van der Waals surface area contributed by atoms with Crippen molar-refractivity contribution in [2.24, 2.45) is 0 Å². The van der Waals surface area contributed by atoms with Gasteiger partial charge in [-0.1, -0.05) is 48.5 Å². The Labute approximate surface area is 140 Å². The van der Waals surface area contributed by atoms with Gasteiger partial charge in [-0.15, -0.1) is 0 Å². The number of aliphatic hydroxyl groups excluding tert-OH is 1. The molecule has 0 bridgehead atoms. The fraction of sp³-hybridized carbons (Fsp3) is 0.316. The standard InChI is InChI=1S/C19H19NO4/c21-18-11-23-10-17(18)20-19(22)24-9-16-14-7-3-1-5-12(14)13-6-2-4-8-15(13)16/h1-8,16-18,21H,9-11H2,(H,20,22)/t17-,18+/m0/s1. The zero-order valence-corrected chi connectivity index (χ0v) is 13.1. The van der Waals surface area contributed by atoms with Gasteiger partial charge in [-0.2, -0.15) is 0 Å². The van der Waals surface area contributed by atoms with Crippen LogP contribution in [0.5, 0.6) is 0 Å². The smallest absolute Gasteiger partial charge is 0.407 e. The van der Waals surface area contributed by atoms with Gasteiger partial charge in [0.05, 0.1) is 25.4 Å². The zero-order chi connectivity index (χ0) is 16.5. The first kappa shape index (κ1) is 15.2. The molecule has 1 saturated heterocycles. The maximum Gasteiger partial charge on any atom is 0.407 e. The van der Waals surface area contributed by atoms with Gasteiger partial charge in [-0.05, 0) is 22.3 Å². The molecule has 0 saturated carbocycles. The number of nitrogens with one attached hydrogen (secondary N) is 1. The van der Waals surface area contributed by atoms with Crippen LogP contribution in [0.15, 0.2) is 48.5 Å². The topological polar surface area (TPSA) is 67.8 Å². The van der Waals surface area contributed by atoms with Gasteiger partial charge < -0.3 is 19.9 Å². The molecule has 0 spiro atoms. The van der Waals surface area contributed by atoms with Crippen molar-refractivity contribution >= 4 is 6.09 Å². The number of amides is 1. The summed E-state index contributed by atoms with van der Waals surface area (Å²) in [6.45, 7) is 0.823. The average Bonchev–Trinajstić information content (AvgIpc) is 3.15. The minimum absolute atomic E-state index is 0.0351. The highest BCUT2D eigenvalue weighted by molar-refractivity contribution is 5.79. The Morgan fingerprint density at radius 3 is 2.29 bits per heavy atom. The second kappa shape index (κ2) is 6.26. The molecule has 2 aromatic carbocycles. The number of fused-ring (bicyclic) bond motifs is 3. The molecule has 0 unspecified atom stereocenters. The summed E-state index contributed by atoms with van der Waals surface area (Å²) in [4.78, 5) is 12.0. The van der Waals surface area contributed by atoms with E-state index in [1.807, 2.05) is 24.3 Å². The maximum atomic E-state index is 12.0. The maximum absolute atomic E-state index is 12.0. The molecule has 0 radical (unpaired) electrons. The molecule has 5 heteroatoms. The van der Waals surface area contributed by atoms with E-state index in [1.165, 1.54) is 22.3 Å². The highest BCUT2D eigenvalue weighted by Crippen LogP contribution is 2.44. The molecule has 2 N–H and O–H groups in total. The first-order chi connectivity index (χ1) is 11.7. The Hall–Kier alpha value is -2.37. The van der Waals surface area contributed by atoms with E-state index in [2.05, 4.69) is 29.6 Å². The summed E-state index contributed by atoms with van der Waals surface area (Å²) >= 11 is 0. The van der Waals surface area contributed by atoms with E-state index in [4.69, 9.17) is 9.47 Å². The van der Waals surface area contributed by atoms with Crippen molar-refractivity contribution < 1.29 is 19.4 Å². The quantitative estimate of drug-likeness (QED) is 0.908. The molecule has 2 aromatic rings. The van der Waals surface area contributed by atoms with Gasteiger partial charge in [0.2, 0.25) is 0 Å². The van der Waals surface area contributed by atoms with E-state index in [0.29, 0.717) is 6.61 Å². The Morgan fingerprint density at radius 1 is 1.08 bits per heavy atom. The third-order valence-electron chi connectivity index (χ3n) is 4.70. The van der Waals surface area contributed by atoms with Crippen molar-refractivity contribution in [2.75, 3.05) is 19.8 Å². The minimum Gasteiger partial charge on any atom is -0.449 e. The van der Waals surface area contributed by atoms with Crippen LogP contribution in [-0.4, -0.2) is 43.2 Å². The summed E-state index contributed by atoms with van der Waals surface area (Å²) in [5.41, 5.74) is 4.75. The second-order valence-corrected chi connectivity index (χ2v) is 6.18. The number of aliphatic hydroxyl groups is 1. The van der Waals surface area contributed by atoms with Gasteiger partial charge in [-0.25, -0.2) is 4.79 Å². The monoisotopic (exact) mass is 325 g/mol. The molecule has 5 nitrogen and oxygen atoms in total. The Kier molecular flexibility index (Phi) is 3.96. The molecule has 1 aliphatic heterocycles. The van der Waals surface area contributed by atoms with Crippen LogP contribution in [0, 0.1) is 0 Å². The Balaban J connectivity index is 1.47. The molecule has 2 aliphatic rings. The number of benzene rings is 2. The van der Waals surface area contributed by atoms with Crippen molar-refractivity contribution in [1.29, 1.82) is 0 Å². The summed E-state index contributed by atoms with van der Waals surface area (Å²) in [6.07, 6.45) is -1.20. The molecule has 2 atom stereocenters. The summed E-state index contributed by atoms with van der Waals surface area (Å²) in [5, 5.41) is 12.3. The number of hydrogen-bond donors (Lipinski definition) is 2. The molecule has 24 heavy (non-hydrogen) atoms. The van der Waals surface area contributed by atoms with Crippen LogP contribution in [0.1, 0.15) is 17.0 Å². The number of alkyl carbamates (subject to hydrolysis) is 1. The van der Waals surface area contributed by atoms with Crippen molar-refractivity contribution in [2.45, 2.75) is 18.1 Å². The van der Waals surface area contributed by atoms with Crippen LogP contribution < -0.4 is 5.32 Å². The van der Waals surface area contributed by atoms with E-state index in [9.17, 15) is 9.90 Å². The Morgan fingerprint density at radius 2 is 1.71 bits per heavy atom. The number of carbonyl (C=O) groups excluding carboxylic acids is 1. The fourth-order valence-corrected chi connectivity index (χ4v) is 3.47. The largest absolute Gasteiger partial charge is 0.449 e. The lowest BCUT2D eigenvalue weighted by Crippen LogP contribution is -2.43. The minimum atomic E-state index is -0.675. The predicted octanol–water partition coefficient (Wildman–Crippen LogP) is 2.28. The van der Waals surface area contributed by atoms with E-state index < -0.39 is 18.2 Å². The summed E-state index contributed by atoms with van der Waals surface area (Å²) in [6, 6.07) is 16.0. The zero-order valence-electron chi connectivity index (χ0n) is 13.1. The number of hydrogen-bond acceptors (Lipinski definition) is 4. The lowest BCUT2D eigenvalue weighted by Gasteiger charge is -2.17. The van der Waals surface area contributed by atoms with Crippen LogP contribution in [-0.2, 0) is 9.47 Å². The van der Waals surface area contributed by atoms with Gasteiger partial charge in [0.25, 0.3) is 0 Å². The van der Waals surface area contributed by atoms with Crippen molar-refractivity contribution in [1.82, 2.24) is 5.32 Å². The summed E-state index contributed by atoms with van der Waals surface area (Å²) in [5.74, 6) is 0.0351. The first-order valence-corrected chi connectivity index (χ1v) is 8.11. The molecule has 0 aromatic heterocycles. The third kappa shape index (κ3) is 2.66. The number of carbonyl (C=O) groups is 1. The van der Waals surface area contributed by atoms with Gasteiger partial charge in [-0.3, -0.25) is 0 Å². The van der Waals surface area contributed by atoms with Gasteiger partial charge in [0.1, 0.15) is 6.61 Å². The van der Waals surface area contributed by atoms with Crippen molar-refractivity contribution in [3.8, 4) is 11.1 Å². The summed E-state index contributed by atoms with van der Waals surface area (Å²) in [7, 11) is 0. The molecule has 1 amide bonds. The fourth-order valence-electron chi connectivity index (χ4n) is 3.47. The van der Waals surface area contributed by atoms with E-state index >= 15 is 0 Å². The van der Waals surface area contributed by atoms with Crippen LogP contribution >= 0.6 is 0 Å². The predicted molar refractivity (Wildman–Crippen MR) is 88.8 cm³/mol. The van der Waals surface area contributed by atoms with E-state index in [1.54, 1.807) is 0 Å². The summed E-state index contributed by atoms with van der Waals surface area (Å²) < 4.78 is 10.6. The second-order valence-electron chi connectivity index (χ2n) is 6.18. The van der Waals surface area contributed by atoms with Gasteiger partial charge in [0, 0.05) is 5.92 Å². The molecule has 1 fully saturated rings. The van der Waals surface area contributed by atoms with E-state index in [-0.39, 0.29) is 19.1 Å². The highest BCUT2D eigenvalue weighted by atomic mass is 16.6. The van der Waals surface area contributed by atoms with Gasteiger partial charge in [0.15, 0.2) is 0 Å². The van der Waals surface area contributed by atoms with Crippen LogP contribution in [0.2, 0.25) is 0 Å². The lowest BCUT2D eigenvalue weighted by molar-refractivity contribution is 0.113. The molecule has 4 rings (SSSR count). The number of ether oxygens (including phenoxy) is 2. The normalized spacial score (nSPS) is 22.0. The van der Waals surface area contributed by atoms with Crippen molar-refractivity contribution in [3.63, 3.8) is 0 Å². The van der Waals surface area contributed by atoms with Crippen LogP contribution in [0.25, 0.3) is 11.1 Å². The average molecular weight is 325 g/mol. The lowest BCUT2D eigenvalue weighted by atomic mass is 9.98. The highest BCUT2D eigenvalue weighted by Gasteiger charge is 2.31. The molecule has 124 valence electrons. The third-order valence-corrected chi connectivity index (χ3v) is 4.70. The number of rotatable bonds is 3. The molecule has 1 aliphatic carbocycles. The van der Waals surface area contributed by atoms with Crippen molar-refractivity contribution in [3.05, 3.63) is 59.7 Å². The van der Waals surface area contributed by atoms with Crippen LogP contribution in [0.4, 0.5) is 4.79 Å². The molecular formula is C19H19NO4. The molecular weight excluding hydrogens is 306 g/mol.